The molecule has 0 aliphatic carbocycles. The molecule has 0 radical (unpaired) electrons. The number of nitrogens with zero attached hydrogens (tertiary/aromatic N) is 1. The van der Waals surface area contributed by atoms with Crippen LogP contribution in [0.5, 0.6) is 0 Å². The molecule has 0 fully saturated rings. The van der Waals surface area contributed by atoms with E-state index in [1.807, 2.05) is 0 Å². The summed E-state index contributed by atoms with van der Waals surface area (Å²) in [6.07, 6.45) is 1.39. The molecule has 0 saturated heterocycles. The number of amides is 2. The molecule has 144 valence electrons. The fourth-order valence-corrected chi connectivity index (χ4v) is 2.59. The SMILES string of the molecule is Cc1c(C(=O)C(=O)NC(C)(C)C)cn(C)c1C(=O)Nc1ccc(F)c(F)c1. The molecule has 27 heavy (non-hydrogen) atoms. The number of hydrogen-bond donors (Lipinski definition) is 2. The number of aryl methyl sites for hydroxylation is 1. The molecule has 2 aromatic rings. The minimum atomic E-state index is -1.09. The fraction of sp³-hybridized carbons (Fsp3) is 0.316. The summed E-state index contributed by atoms with van der Waals surface area (Å²) in [7, 11) is 1.55. The molecular weight excluding hydrogens is 356 g/mol. The third-order valence-corrected chi connectivity index (χ3v) is 3.77. The monoisotopic (exact) mass is 377 g/mol. The Bertz CT molecular complexity index is 927. The third-order valence-electron chi connectivity index (χ3n) is 3.77. The van der Waals surface area contributed by atoms with Crippen LogP contribution in [0.4, 0.5) is 14.5 Å². The van der Waals surface area contributed by atoms with Gasteiger partial charge in [-0.25, -0.2) is 8.78 Å². The summed E-state index contributed by atoms with van der Waals surface area (Å²) in [5.74, 6) is -4.27. The first-order valence-electron chi connectivity index (χ1n) is 8.20. The Kier molecular flexibility index (Phi) is 5.48. The van der Waals surface area contributed by atoms with Crippen molar-refractivity contribution in [1.82, 2.24) is 9.88 Å². The van der Waals surface area contributed by atoms with Crippen molar-refractivity contribution in [1.29, 1.82) is 0 Å². The molecule has 8 heteroatoms. The lowest BCUT2D eigenvalue weighted by molar-refractivity contribution is -0.118. The largest absolute Gasteiger partial charge is 0.346 e. The molecule has 2 amide bonds. The van der Waals surface area contributed by atoms with Gasteiger partial charge in [-0.15, -0.1) is 0 Å². The van der Waals surface area contributed by atoms with E-state index in [4.69, 9.17) is 0 Å². The average Bonchev–Trinajstić information content (AvgIpc) is 2.83. The molecule has 2 N–H and O–H groups in total. The van der Waals surface area contributed by atoms with E-state index < -0.39 is 34.8 Å². The van der Waals surface area contributed by atoms with E-state index in [1.165, 1.54) is 23.8 Å². The van der Waals surface area contributed by atoms with Crippen molar-refractivity contribution in [2.75, 3.05) is 5.32 Å². The van der Waals surface area contributed by atoms with Gasteiger partial charge < -0.3 is 15.2 Å². The topological polar surface area (TPSA) is 80.2 Å². The average molecular weight is 377 g/mol. The summed E-state index contributed by atoms with van der Waals surface area (Å²) in [5.41, 5.74) is 0.0216. The fourth-order valence-electron chi connectivity index (χ4n) is 2.59. The van der Waals surface area contributed by atoms with Crippen LogP contribution >= 0.6 is 0 Å². The Hall–Kier alpha value is -3.03. The molecule has 0 atom stereocenters. The minimum Gasteiger partial charge on any atom is -0.346 e. The van der Waals surface area contributed by atoms with Crippen LogP contribution in [0.2, 0.25) is 0 Å². The summed E-state index contributed by atoms with van der Waals surface area (Å²) < 4.78 is 27.7. The van der Waals surface area contributed by atoms with Gasteiger partial charge in [0.1, 0.15) is 5.69 Å². The van der Waals surface area contributed by atoms with Crippen molar-refractivity contribution >= 4 is 23.3 Å². The van der Waals surface area contributed by atoms with Crippen LogP contribution < -0.4 is 10.6 Å². The maximum atomic E-state index is 13.3. The molecule has 6 nitrogen and oxygen atoms in total. The van der Waals surface area contributed by atoms with Gasteiger partial charge >= 0.3 is 0 Å². The summed E-state index contributed by atoms with van der Waals surface area (Å²) in [6.45, 7) is 6.78. The van der Waals surface area contributed by atoms with Crippen LogP contribution in [0, 0.1) is 18.6 Å². The first-order chi connectivity index (χ1) is 12.4. The summed E-state index contributed by atoms with van der Waals surface area (Å²) in [6, 6.07) is 2.97. The van der Waals surface area contributed by atoms with Gasteiger partial charge in [0.15, 0.2) is 11.6 Å². The number of carbonyl (C=O) groups is 3. The van der Waals surface area contributed by atoms with Crippen molar-refractivity contribution < 1.29 is 23.2 Å². The quantitative estimate of drug-likeness (QED) is 0.635. The number of Topliss-reactive ketones (excluding diaryl/α,β-unsaturated/α-hetero) is 1. The Labute approximate surface area is 155 Å². The molecule has 0 unspecified atom stereocenters. The van der Waals surface area contributed by atoms with Gasteiger partial charge in [-0.05, 0) is 45.4 Å². The van der Waals surface area contributed by atoms with Crippen LogP contribution in [0.3, 0.4) is 0 Å². The standard InChI is InChI=1S/C19H21F2N3O3/c1-10-12(16(25)18(27)23-19(2,3)4)9-24(5)15(10)17(26)22-11-6-7-13(20)14(21)8-11/h6-9H,1-5H3,(H,22,26)(H,23,27). The molecule has 0 spiro atoms. The first-order valence-corrected chi connectivity index (χ1v) is 8.20. The lowest BCUT2D eigenvalue weighted by Crippen LogP contribution is -2.44. The van der Waals surface area contributed by atoms with Crippen LogP contribution in [0.1, 0.15) is 47.2 Å². The summed E-state index contributed by atoms with van der Waals surface area (Å²) in [5, 5.41) is 5.03. The van der Waals surface area contributed by atoms with Gasteiger partial charge in [0, 0.05) is 36.1 Å². The second-order valence-corrected chi connectivity index (χ2v) is 7.24. The molecule has 0 saturated carbocycles. The van der Waals surface area contributed by atoms with Crippen LogP contribution in [-0.2, 0) is 11.8 Å². The number of anilines is 1. The highest BCUT2D eigenvalue weighted by Crippen LogP contribution is 2.20. The van der Waals surface area contributed by atoms with Crippen molar-refractivity contribution in [2.45, 2.75) is 33.2 Å². The lowest BCUT2D eigenvalue weighted by Gasteiger charge is -2.19. The number of ketones is 1. The molecular formula is C19H21F2N3O3. The maximum absolute atomic E-state index is 13.3. The lowest BCUT2D eigenvalue weighted by atomic mass is 10.0. The highest BCUT2D eigenvalue weighted by molar-refractivity contribution is 6.43. The smallest absolute Gasteiger partial charge is 0.292 e. The Morgan fingerprint density at radius 1 is 1.07 bits per heavy atom. The molecule has 1 aromatic carbocycles. The second-order valence-electron chi connectivity index (χ2n) is 7.24. The number of nitrogens with one attached hydrogen (secondary N) is 2. The molecule has 1 heterocycles. The zero-order valence-corrected chi connectivity index (χ0v) is 15.7. The number of halogens is 2. The Morgan fingerprint density at radius 2 is 1.70 bits per heavy atom. The van der Waals surface area contributed by atoms with Crippen molar-refractivity contribution in [3.8, 4) is 0 Å². The normalized spacial score (nSPS) is 11.2. The Balaban J connectivity index is 2.28. The zero-order chi connectivity index (χ0) is 20.5. The molecule has 2 rings (SSSR count). The van der Waals surface area contributed by atoms with E-state index in [9.17, 15) is 23.2 Å². The van der Waals surface area contributed by atoms with Gasteiger partial charge in [0.25, 0.3) is 17.6 Å². The number of rotatable bonds is 4. The van der Waals surface area contributed by atoms with E-state index in [2.05, 4.69) is 10.6 Å². The van der Waals surface area contributed by atoms with Gasteiger partial charge in [-0.2, -0.15) is 0 Å². The highest BCUT2D eigenvalue weighted by atomic mass is 19.2. The maximum Gasteiger partial charge on any atom is 0.292 e. The van der Waals surface area contributed by atoms with E-state index in [1.54, 1.807) is 27.8 Å². The summed E-state index contributed by atoms with van der Waals surface area (Å²) in [4.78, 5) is 37.1. The zero-order valence-electron chi connectivity index (χ0n) is 15.7. The number of carbonyl (C=O) groups excluding carboxylic acids is 3. The highest BCUT2D eigenvalue weighted by Gasteiger charge is 2.27. The van der Waals surface area contributed by atoms with E-state index in [0.29, 0.717) is 5.56 Å². The van der Waals surface area contributed by atoms with E-state index in [0.717, 1.165) is 12.1 Å². The van der Waals surface area contributed by atoms with E-state index in [-0.39, 0.29) is 16.9 Å². The van der Waals surface area contributed by atoms with Crippen LogP contribution in [0.15, 0.2) is 24.4 Å². The minimum absolute atomic E-state index is 0.0675. The van der Waals surface area contributed by atoms with Gasteiger partial charge in [0.05, 0.1) is 0 Å². The van der Waals surface area contributed by atoms with E-state index >= 15 is 0 Å². The number of hydrogen-bond acceptors (Lipinski definition) is 3. The van der Waals surface area contributed by atoms with Gasteiger partial charge in [-0.1, -0.05) is 0 Å². The van der Waals surface area contributed by atoms with Crippen molar-refractivity contribution in [3.05, 3.63) is 52.9 Å². The predicted molar refractivity (Wildman–Crippen MR) is 96.7 cm³/mol. The molecule has 0 aliphatic rings. The Morgan fingerprint density at radius 3 is 2.26 bits per heavy atom. The molecule has 1 aromatic heterocycles. The van der Waals surface area contributed by atoms with Crippen LogP contribution in [0.25, 0.3) is 0 Å². The number of benzene rings is 1. The van der Waals surface area contributed by atoms with Crippen molar-refractivity contribution in [2.24, 2.45) is 7.05 Å². The first kappa shape index (κ1) is 20.3. The van der Waals surface area contributed by atoms with Gasteiger partial charge in [0.2, 0.25) is 0 Å². The number of aromatic nitrogens is 1. The van der Waals surface area contributed by atoms with Crippen molar-refractivity contribution in [3.63, 3.8) is 0 Å². The summed E-state index contributed by atoms with van der Waals surface area (Å²) >= 11 is 0. The third kappa shape index (κ3) is 4.58. The molecule has 0 aliphatic heterocycles. The van der Waals surface area contributed by atoms with Gasteiger partial charge in [-0.3, -0.25) is 14.4 Å². The second kappa shape index (κ2) is 7.30. The molecule has 0 bridgehead atoms. The van der Waals surface area contributed by atoms with Crippen LogP contribution in [-0.4, -0.2) is 27.7 Å². The predicted octanol–water partition coefficient (Wildman–Crippen LogP) is 2.96.